The SMILES string of the molecule is COc1nn(C)cc1C(=O)NCc1nnc2ccc(N3CCCC3)nn12. The standard InChI is InChI=1S/C16H20N8O2/c1-22-10-11(16(21-22)26-2)15(25)17-9-14-19-18-12-5-6-13(20-24(12)14)23-7-3-4-8-23/h5-6,10H,3-4,7-9H2,1-2H3,(H,17,25). The summed E-state index contributed by atoms with van der Waals surface area (Å²) < 4.78 is 8.33. The van der Waals surface area contributed by atoms with Crippen molar-refractivity contribution in [3.8, 4) is 5.88 Å². The van der Waals surface area contributed by atoms with E-state index in [9.17, 15) is 4.79 Å². The lowest BCUT2D eigenvalue weighted by Gasteiger charge is -2.15. The molecule has 10 heteroatoms. The number of carbonyl (C=O) groups excluding carboxylic acids is 1. The monoisotopic (exact) mass is 356 g/mol. The number of nitrogens with zero attached hydrogens (tertiary/aromatic N) is 7. The Bertz CT molecular complexity index is 941. The molecule has 0 spiro atoms. The van der Waals surface area contributed by atoms with E-state index in [1.807, 2.05) is 12.1 Å². The maximum Gasteiger partial charge on any atom is 0.258 e. The van der Waals surface area contributed by atoms with E-state index >= 15 is 0 Å². The molecule has 1 fully saturated rings. The number of hydrogen-bond acceptors (Lipinski definition) is 7. The van der Waals surface area contributed by atoms with Crippen molar-refractivity contribution < 1.29 is 9.53 Å². The Hall–Kier alpha value is -3.17. The van der Waals surface area contributed by atoms with Crippen molar-refractivity contribution in [1.29, 1.82) is 0 Å². The minimum Gasteiger partial charge on any atom is -0.479 e. The number of aryl methyl sites for hydroxylation is 1. The maximum atomic E-state index is 12.4. The van der Waals surface area contributed by atoms with Crippen molar-refractivity contribution in [2.24, 2.45) is 7.05 Å². The van der Waals surface area contributed by atoms with Gasteiger partial charge in [0.25, 0.3) is 5.91 Å². The summed E-state index contributed by atoms with van der Waals surface area (Å²) in [6.45, 7) is 2.22. The Labute approximate surface area is 149 Å². The third kappa shape index (κ3) is 2.93. The van der Waals surface area contributed by atoms with Crippen LogP contribution in [0.15, 0.2) is 18.3 Å². The molecular formula is C16H20N8O2. The van der Waals surface area contributed by atoms with Crippen LogP contribution in [-0.2, 0) is 13.6 Å². The highest BCUT2D eigenvalue weighted by Gasteiger charge is 2.18. The number of aromatic nitrogens is 6. The largest absolute Gasteiger partial charge is 0.479 e. The quantitative estimate of drug-likeness (QED) is 0.706. The van der Waals surface area contributed by atoms with Gasteiger partial charge in [0.15, 0.2) is 11.5 Å². The van der Waals surface area contributed by atoms with Crippen molar-refractivity contribution in [2.45, 2.75) is 19.4 Å². The number of carbonyl (C=O) groups is 1. The van der Waals surface area contributed by atoms with Crippen LogP contribution >= 0.6 is 0 Å². The van der Waals surface area contributed by atoms with E-state index in [2.05, 4.69) is 30.6 Å². The normalized spacial score (nSPS) is 14.2. The van der Waals surface area contributed by atoms with Gasteiger partial charge in [0.1, 0.15) is 11.4 Å². The van der Waals surface area contributed by atoms with Gasteiger partial charge in [0, 0.05) is 26.3 Å². The molecule has 1 saturated heterocycles. The molecule has 10 nitrogen and oxygen atoms in total. The highest BCUT2D eigenvalue weighted by molar-refractivity contribution is 5.96. The van der Waals surface area contributed by atoms with Crippen molar-refractivity contribution in [1.82, 2.24) is 34.9 Å². The molecule has 0 aliphatic carbocycles. The van der Waals surface area contributed by atoms with Crippen molar-refractivity contribution >= 4 is 17.4 Å². The summed E-state index contributed by atoms with van der Waals surface area (Å²) in [5, 5.41) is 19.8. The maximum absolute atomic E-state index is 12.4. The van der Waals surface area contributed by atoms with Gasteiger partial charge in [-0.1, -0.05) is 0 Å². The Morgan fingerprint density at radius 3 is 2.81 bits per heavy atom. The van der Waals surface area contributed by atoms with E-state index in [0.29, 0.717) is 17.0 Å². The summed E-state index contributed by atoms with van der Waals surface area (Å²) >= 11 is 0. The van der Waals surface area contributed by atoms with Crippen LogP contribution in [0, 0.1) is 0 Å². The number of amides is 1. The van der Waals surface area contributed by atoms with Crippen LogP contribution in [0.25, 0.3) is 5.65 Å². The molecule has 136 valence electrons. The van der Waals surface area contributed by atoms with Gasteiger partial charge in [-0.2, -0.15) is 4.52 Å². The summed E-state index contributed by atoms with van der Waals surface area (Å²) in [5.41, 5.74) is 1.02. The number of nitrogens with one attached hydrogen (secondary N) is 1. The van der Waals surface area contributed by atoms with Gasteiger partial charge < -0.3 is 15.0 Å². The molecule has 0 bridgehead atoms. The number of anilines is 1. The van der Waals surface area contributed by atoms with Crippen molar-refractivity contribution in [3.05, 3.63) is 29.7 Å². The smallest absolute Gasteiger partial charge is 0.258 e. The lowest BCUT2D eigenvalue weighted by atomic mass is 10.3. The molecule has 0 atom stereocenters. The minimum absolute atomic E-state index is 0.203. The van der Waals surface area contributed by atoms with Crippen LogP contribution in [0.3, 0.4) is 0 Å². The summed E-state index contributed by atoms with van der Waals surface area (Å²) in [4.78, 5) is 14.7. The average Bonchev–Trinajstić information content (AvgIpc) is 3.38. The van der Waals surface area contributed by atoms with Crippen LogP contribution in [0.4, 0.5) is 5.82 Å². The second-order valence-electron chi connectivity index (χ2n) is 6.18. The molecular weight excluding hydrogens is 336 g/mol. The number of methoxy groups -OCH3 is 1. The van der Waals surface area contributed by atoms with E-state index < -0.39 is 0 Å². The summed E-state index contributed by atoms with van der Waals surface area (Å²) in [7, 11) is 3.21. The van der Waals surface area contributed by atoms with Crippen LogP contribution in [0.5, 0.6) is 5.88 Å². The third-order valence-electron chi connectivity index (χ3n) is 4.38. The molecule has 26 heavy (non-hydrogen) atoms. The first-order chi connectivity index (χ1) is 12.7. The zero-order valence-electron chi connectivity index (χ0n) is 14.7. The Morgan fingerprint density at radius 1 is 1.23 bits per heavy atom. The number of ether oxygens (including phenoxy) is 1. The molecule has 1 amide bonds. The van der Waals surface area contributed by atoms with Crippen LogP contribution in [0.2, 0.25) is 0 Å². The molecule has 4 heterocycles. The molecule has 3 aromatic rings. The second kappa shape index (κ2) is 6.62. The zero-order valence-corrected chi connectivity index (χ0v) is 14.7. The van der Waals surface area contributed by atoms with Crippen LogP contribution in [0.1, 0.15) is 29.0 Å². The zero-order chi connectivity index (χ0) is 18.1. The first-order valence-electron chi connectivity index (χ1n) is 8.48. The first-order valence-corrected chi connectivity index (χ1v) is 8.48. The highest BCUT2D eigenvalue weighted by atomic mass is 16.5. The van der Waals surface area contributed by atoms with E-state index in [4.69, 9.17) is 4.74 Å². The lowest BCUT2D eigenvalue weighted by Crippen LogP contribution is -2.25. The first kappa shape index (κ1) is 16.3. The van der Waals surface area contributed by atoms with Gasteiger partial charge in [-0.15, -0.1) is 20.4 Å². The molecule has 0 saturated carbocycles. The van der Waals surface area contributed by atoms with E-state index in [0.717, 1.165) is 18.9 Å². The van der Waals surface area contributed by atoms with Crippen LogP contribution in [-0.4, -0.2) is 55.7 Å². The molecule has 4 rings (SSSR count). The van der Waals surface area contributed by atoms with E-state index in [-0.39, 0.29) is 18.3 Å². The number of fused-ring (bicyclic) bond motifs is 1. The van der Waals surface area contributed by atoms with E-state index in [1.165, 1.54) is 24.6 Å². The molecule has 0 unspecified atom stereocenters. The Kier molecular flexibility index (Phi) is 4.15. The van der Waals surface area contributed by atoms with Gasteiger partial charge in [0.2, 0.25) is 5.88 Å². The Morgan fingerprint density at radius 2 is 2.04 bits per heavy atom. The minimum atomic E-state index is -0.289. The molecule has 1 aliphatic heterocycles. The highest BCUT2D eigenvalue weighted by Crippen LogP contribution is 2.18. The third-order valence-corrected chi connectivity index (χ3v) is 4.38. The molecule has 1 N–H and O–H groups in total. The predicted octanol–water partition coefficient (Wildman–Crippen LogP) is 0.397. The lowest BCUT2D eigenvalue weighted by molar-refractivity contribution is 0.0946. The van der Waals surface area contributed by atoms with Gasteiger partial charge in [-0.05, 0) is 25.0 Å². The topological polar surface area (TPSA) is 102 Å². The molecule has 0 radical (unpaired) electrons. The van der Waals surface area contributed by atoms with Gasteiger partial charge in [-0.3, -0.25) is 9.48 Å². The van der Waals surface area contributed by atoms with Crippen LogP contribution < -0.4 is 15.0 Å². The van der Waals surface area contributed by atoms with Crippen molar-refractivity contribution in [2.75, 3.05) is 25.1 Å². The average molecular weight is 356 g/mol. The summed E-state index contributed by atoms with van der Waals surface area (Å²) in [6, 6.07) is 3.85. The molecule has 1 aliphatic rings. The number of hydrogen-bond donors (Lipinski definition) is 1. The predicted molar refractivity (Wildman–Crippen MR) is 93.2 cm³/mol. The fourth-order valence-electron chi connectivity index (χ4n) is 3.08. The summed E-state index contributed by atoms with van der Waals surface area (Å²) in [6.07, 6.45) is 3.97. The molecule has 0 aromatic carbocycles. The van der Waals surface area contributed by atoms with Gasteiger partial charge in [-0.25, -0.2) is 0 Å². The molecule has 3 aromatic heterocycles. The number of rotatable bonds is 5. The van der Waals surface area contributed by atoms with Gasteiger partial charge in [0.05, 0.1) is 13.7 Å². The van der Waals surface area contributed by atoms with Gasteiger partial charge >= 0.3 is 0 Å². The summed E-state index contributed by atoms with van der Waals surface area (Å²) in [5.74, 6) is 1.46. The fourth-order valence-corrected chi connectivity index (χ4v) is 3.08. The van der Waals surface area contributed by atoms with Crippen molar-refractivity contribution in [3.63, 3.8) is 0 Å². The Balaban J connectivity index is 1.53. The fraction of sp³-hybridized carbons (Fsp3) is 0.438. The van der Waals surface area contributed by atoms with E-state index in [1.54, 1.807) is 17.8 Å². The second-order valence-corrected chi connectivity index (χ2v) is 6.18.